The summed E-state index contributed by atoms with van der Waals surface area (Å²) in [5.41, 5.74) is 2.07. The average Bonchev–Trinajstić information content (AvgIpc) is 2.85. The molecule has 1 aromatic heterocycles. The van der Waals surface area contributed by atoms with Gasteiger partial charge < -0.3 is 19.4 Å². The highest BCUT2D eigenvalue weighted by atomic mass is 19.3. The summed E-state index contributed by atoms with van der Waals surface area (Å²) in [4.78, 5) is 35.6. The summed E-state index contributed by atoms with van der Waals surface area (Å²) < 4.78 is 32.1. The summed E-state index contributed by atoms with van der Waals surface area (Å²) in [6.45, 7) is 6.32. The molecule has 2 amide bonds. The number of carbonyl (C=O) groups is 2. The van der Waals surface area contributed by atoms with E-state index in [0.29, 0.717) is 71.6 Å². The van der Waals surface area contributed by atoms with Gasteiger partial charge in [0.15, 0.2) is 0 Å². The third-order valence-electron chi connectivity index (χ3n) is 7.27. The quantitative estimate of drug-likeness (QED) is 0.572. The van der Waals surface area contributed by atoms with Gasteiger partial charge in [0, 0.05) is 70.6 Å². The highest BCUT2D eigenvalue weighted by Gasteiger charge is 2.36. The average molecular weight is 479 g/mol. The summed E-state index contributed by atoms with van der Waals surface area (Å²) in [5, 5.41) is 0. The number of alkyl halides is 2. The molecule has 0 spiro atoms. The smallest absolute Gasteiger partial charge is 0.409 e. The molecule has 1 saturated heterocycles. The van der Waals surface area contributed by atoms with E-state index in [1.54, 1.807) is 4.90 Å². The predicted molar refractivity (Wildman–Crippen MR) is 125 cm³/mol. The minimum Gasteiger partial charge on any atom is -0.449 e. The molecule has 2 aliphatic heterocycles. The van der Waals surface area contributed by atoms with Crippen LogP contribution in [0.25, 0.3) is 0 Å². The van der Waals surface area contributed by atoms with E-state index in [4.69, 9.17) is 9.72 Å². The van der Waals surface area contributed by atoms with Gasteiger partial charge in [0.25, 0.3) is 0 Å². The number of fused-ring (bicyclic) bond motifs is 1. The zero-order valence-corrected chi connectivity index (χ0v) is 20.1. The summed E-state index contributed by atoms with van der Waals surface area (Å²) in [6, 6.07) is 4.04. The lowest BCUT2D eigenvalue weighted by Crippen LogP contribution is -2.49. The first-order chi connectivity index (χ1) is 16.3. The van der Waals surface area contributed by atoms with E-state index in [1.807, 2.05) is 17.0 Å². The molecule has 1 aromatic rings. The van der Waals surface area contributed by atoms with Crippen LogP contribution in [0.2, 0.25) is 0 Å². The number of aromatic nitrogens is 1. The van der Waals surface area contributed by atoms with Crippen LogP contribution in [0.1, 0.15) is 63.1 Å². The second kappa shape index (κ2) is 10.9. The second-order valence-corrected chi connectivity index (χ2v) is 9.79. The van der Waals surface area contributed by atoms with Gasteiger partial charge in [-0.3, -0.25) is 4.79 Å². The van der Waals surface area contributed by atoms with Gasteiger partial charge in [0.05, 0.1) is 6.61 Å². The molecule has 34 heavy (non-hydrogen) atoms. The van der Waals surface area contributed by atoms with Gasteiger partial charge in [-0.05, 0) is 36.8 Å². The Kier molecular flexibility index (Phi) is 7.88. The number of hydrogen-bond donors (Lipinski definition) is 0. The van der Waals surface area contributed by atoms with E-state index < -0.39 is 5.92 Å². The van der Waals surface area contributed by atoms with Crippen molar-refractivity contribution in [3.63, 3.8) is 0 Å². The molecule has 1 aliphatic carbocycles. The van der Waals surface area contributed by atoms with Crippen LogP contribution in [-0.2, 0) is 22.5 Å². The van der Waals surface area contributed by atoms with Crippen molar-refractivity contribution in [1.82, 2.24) is 14.8 Å². The van der Waals surface area contributed by atoms with Crippen LogP contribution in [0.5, 0.6) is 0 Å². The number of pyridine rings is 1. The van der Waals surface area contributed by atoms with Gasteiger partial charge in [-0.25, -0.2) is 18.6 Å². The molecule has 4 rings (SSSR count). The summed E-state index contributed by atoms with van der Waals surface area (Å²) in [7, 11) is 0. The summed E-state index contributed by atoms with van der Waals surface area (Å²) in [6.07, 6.45) is 3.35. The minimum atomic E-state index is -2.56. The molecule has 3 heterocycles. The SMILES string of the molecule is CCCCOC(=O)N1CCN(c2ccc3c(n2)CCN(C(=O)CC2CCC(F)(F)CC2)C3)CC1. The molecular formula is C25H36F2N4O3. The molecule has 3 aliphatic rings. The van der Waals surface area contributed by atoms with Crippen molar-refractivity contribution in [1.29, 1.82) is 0 Å². The predicted octanol–water partition coefficient (Wildman–Crippen LogP) is 4.24. The first-order valence-electron chi connectivity index (χ1n) is 12.7. The molecule has 1 saturated carbocycles. The van der Waals surface area contributed by atoms with Gasteiger partial charge in [0.1, 0.15) is 5.82 Å². The fourth-order valence-electron chi connectivity index (χ4n) is 4.99. The largest absolute Gasteiger partial charge is 0.449 e. The molecule has 7 nitrogen and oxygen atoms in total. The lowest BCUT2D eigenvalue weighted by atomic mass is 9.84. The third-order valence-corrected chi connectivity index (χ3v) is 7.27. The van der Waals surface area contributed by atoms with Crippen molar-refractivity contribution in [3.05, 3.63) is 23.4 Å². The van der Waals surface area contributed by atoms with Crippen molar-refractivity contribution in [2.24, 2.45) is 5.92 Å². The monoisotopic (exact) mass is 478 g/mol. The molecule has 188 valence electrons. The number of hydrogen-bond acceptors (Lipinski definition) is 5. The Morgan fingerprint density at radius 2 is 1.82 bits per heavy atom. The van der Waals surface area contributed by atoms with Crippen LogP contribution < -0.4 is 4.90 Å². The Balaban J connectivity index is 1.26. The standard InChI is InChI=1S/C25H36F2N4O3/c1-2-3-16-34-24(33)30-14-12-29(13-15-30)22-5-4-20-18-31(11-8-21(20)28-22)23(32)17-19-6-9-25(26,27)10-7-19/h4-5,19H,2-3,6-18H2,1H3. The zero-order chi connectivity index (χ0) is 24.1. The van der Waals surface area contributed by atoms with Gasteiger partial charge in [0.2, 0.25) is 11.8 Å². The number of rotatable bonds is 6. The molecule has 0 atom stereocenters. The number of halogens is 2. The van der Waals surface area contributed by atoms with Gasteiger partial charge in [-0.1, -0.05) is 19.4 Å². The molecule has 0 unspecified atom stereocenters. The van der Waals surface area contributed by atoms with E-state index in [-0.39, 0.29) is 30.8 Å². The number of anilines is 1. The van der Waals surface area contributed by atoms with Crippen LogP contribution in [0, 0.1) is 5.92 Å². The van der Waals surface area contributed by atoms with Gasteiger partial charge >= 0.3 is 6.09 Å². The van der Waals surface area contributed by atoms with E-state index in [9.17, 15) is 18.4 Å². The lowest BCUT2D eigenvalue weighted by Gasteiger charge is -2.36. The van der Waals surface area contributed by atoms with Crippen molar-refractivity contribution in [3.8, 4) is 0 Å². The Morgan fingerprint density at radius 3 is 2.53 bits per heavy atom. The maximum absolute atomic E-state index is 13.4. The first kappa shape index (κ1) is 24.7. The van der Waals surface area contributed by atoms with Gasteiger partial charge in [-0.2, -0.15) is 0 Å². The third kappa shape index (κ3) is 6.16. The van der Waals surface area contributed by atoms with E-state index in [2.05, 4.69) is 11.8 Å². The number of ether oxygens (including phenoxy) is 1. The molecule has 0 radical (unpaired) electrons. The maximum atomic E-state index is 13.4. The number of nitrogens with zero attached hydrogens (tertiary/aromatic N) is 4. The van der Waals surface area contributed by atoms with Crippen molar-refractivity contribution >= 4 is 17.8 Å². The van der Waals surface area contributed by atoms with Crippen molar-refractivity contribution < 1.29 is 23.1 Å². The Labute approximate surface area is 200 Å². The molecule has 0 bridgehead atoms. The highest BCUT2D eigenvalue weighted by molar-refractivity contribution is 5.76. The van der Waals surface area contributed by atoms with E-state index >= 15 is 0 Å². The number of carbonyl (C=O) groups excluding carboxylic acids is 2. The molecule has 0 N–H and O–H groups in total. The van der Waals surface area contributed by atoms with Crippen molar-refractivity contribution in [2.75, 3.05) is 44.2 Å². The Hall–Kier alpha value is -2.45. The lowest BCUT2D eigenvalue weighted by molar-refractivity contribution is -0.134. The van der Waals surface area contributed by atoms with Crippen LogP contribution in [-0.4, -0.2) is 72.0 Å². The summed E-state index contributed by atoms with van der Waals surface area (Å²) >= 11 is 0. The van der Waals surface area contributed by atoms with Gasteiger partial charge in [-0.15, -0.1) is 0 Å². The number of unbranched alkanes of at least 4 members (excludes halogenated alkanes) is 1. The first-order valence-corrected chi connectivity index (χ1v) is 12.7. The topological polar surface area (TPSA) is 66.0 Å². The van der Waals surface area contributed by atoms with Crippen molar-refractivity contribution in [2.45, 2.75) is 70.8 Å². The summed E-state index contributed by atoms with van der Waals surface area (Å²) in [5.74, 6) is -1.53. The van der Waals surface area contributed by atoms with Crippen LogP contribution >= 0.6 is 0 Å². The molecule has 9 heteroatoms. The normalized spacial score (nSPS) is 20.7. The minimum absolute atomic E-state index is 0.0619. The second-order valence-electron chi connectivity index (χ2n) is 9.79. The Bertz CT molecular complexity index is 864. The van der Waals surface area contributed by atoms with Crippen LogP contribution in [0.15, 0.2) is 12.1 Å². The highest BCUT2D eigenvalue weighted by Crippen LogP contribution is 2.37. The van der Waals surface area contributed by atoms with E-state index in [1.165, 1.54) is 0 Å². The van der Waals surface area contributed by atoms with E-state index in [0.717, 1.165) is 29.9 Å². The molecule has 0 aromatic carbocycles. The molecule has 2 fully saturated rings. The fourth-order valence-corrected chi connectivity index (χ4v) is 4.99. The maximum Gasteiger partial charge on any atom is 0.409 e. The van der Waals surface area contributed by atoms with Crippen LogP contribution in [0.3, 0.4) is 0 Å². The zero-order valence-electron chi connectivity index (χ0n) is 20.1. The number of piperazine rings is 1. The fraction of sp³-hybridized carbons (Fsp3) is 0.720. The molecular weight excluding hydrogens is 442 g/mol. The van der Waals surface area contributed by atoms with Crippen LogP contribution in [0.4, 0.5) is 19.4 Å². The Morgan fingerprint density at radius 1 is 1.09 bits per heavy atom. The number of amides is 2.